The highest BCUT2D eigenvalue weighted by Crippen LogP contribution is 2.41. The second-order valence-corrected chi connectivity index (χ2v) is 11.7. The third kappa shape index (κ3) is 7.02. The molecule has 0 unspecified atom stereocenters. The summed E-state index contributed by atoms with van der Waals surface area (Å²) in [5, 5.41) is 22.3. The van der Waals surface area contributed by atoms with Crippen molar-refractivity contribution in [2.45, 2.75) is 52.7 Å². The molecule has 14 nitrogen and oxygen atoms in total. The van der Waals surface area contributed by atoms with Crippen LogP contribution >= 0.6 is 0 Å². The molecule has 3 aromatic heterocycles. The van der Waals surface area contributed by atoms with Crippen LogP contribution < -0.4 is 15.4 Å². The maximum Gasteiger partial charge on any atom is 0.412 e. The van der Waals surface area contributed by atoms with E-state index in [1.165, 1.54) is 37.2 Å². The molecule has 0 saturated heterocycles. The minimum Gasteiger partial charge on any atom is -0.476 e. The van der Waals surface area contributed by atoms with Gasteiger partial charge >= 0.3 is 11.8 Å². The van der Waals surface area contributed by atoms with E-state index in [0.717, 1.165) is 4.90 Å². The molecule has 4 heterocycles. The van der Waals surface area contributed by atoms with Crippen LogP contribution in [0, 0.1) is 22.9 Å². The molecule has 5 rings (SSSR count). The zero-order valence-electron chi connectivity index (χ0n) is 26.1. The van der Waals surface area contributed by atoms with Gasteiger partial charge in [0.1, 0.15) is 18.0 Å². The number of anilines is 3. The average molecular weight is 657 g/mol. The van der Waals surface area contributed by atoms with E-state index in [2.05, 4.69) is 25.7 Å². The van der Waals surface area contributed by atoms with Crippen molar-refractivity contribution in [2.75, 3.05) is 30.8 Å². The Bertz CT molecular complexity index is 1890. The molecule has 1 aliphatic heterocycles. The van der Waals surface area contributed by atoms with Crippen molar-refractivity contribution in [1.29, 1.82) is 0 Å². The molecular weight excluding hydrogens is 625 g/mol. The van der Waals surface area contributed by atoms with Crippen LogP contribution in [0.25, 0.3) is 21.9 Å². The van der Waals surface area contributed by atoms with Gasteiger partial charge in [-0.2, -0.15) is 5.10 Å². The maximum atomic E-state index is 16.3. The lowest BCUT2D eigenvalue weighted by Gasteiger charge is -2.21. The van der Waals surface area contributed by atoms with E-state index in [0.29, 0.717) is 23.3 Å². The van der Waals surface area contributed by atoms with Crippen molar-refractivity contribution < 1.29 is 37.2 Å². The van der Waals surface area contributed by atoms with E-state index >= 15 is 4.39 Å². The van der Waals surface area contributed by atoms with E-state index in [1.54, 1.807) is 32.9 Å². The van der Waals surface area contributed by atoms with Crippen LogP contribution in [0.2, 0.25) is 0 Å². The largest absolute Gasteiger partial charge is 0.476 e. The van der Waals surface area contributed by atoms with E-state index in [-0.39, 0.29) is 52.6 Å². The van der Waals surface area contributed by atoms with Crippen molar-refractivity contribution in [3.8, 4) is 17.0 Å². The molecule has 0 spiro atoms. The van der Waals surface area contributed by atoms with Gasteiger partial charge in [-0.25, -0.2) is 27.9 Å². The van der Waals surface area contributed by atoms with Gasteiger partial charge in [-0.3, -0.25) is 24.9 Å². The number of benzene rings is 1. The van der Waals surface area contributed by atoms with Crippen LogP contribution in [0.15, 0.2) is 30.6 Å². The Labute approximate surface area is 266 Å². The summed E-state index contributed by atoms with van der Waals surface area (Å²) < 4.78 is 53.9. The van der Waals surface area contributed by atoms with Crippen molar-refractivity contribution >= 4 is 45.8 Å². The van der Waals surface area contributed by atoms with Gasteiger partial charge in [0.15, 0.2) is 11.6 Å². The number of rotatable bonds is 8. The molecule has 0 atom stereocenters. The number of halogens is 3. The molecule has 0 bridgehead atoms. The number of carbonyl (C=O) groups is 2. The molecule has 2 N–H and O–H groups in total. The van der Waals surface area contributed by atoms with Crippen molar-refractivity contribution in [2.24, 2.45) is 0 Å². The van der Waals surface area contributed by atoms with Gasteiger partial charge in [-0.05, 0) is 45.2 Å². The Hall–Kier alpha value is -5.48. The van der Waals surface area contributed by atoms with Gasteiger partial charge < -0.3 is 19.7 Å². The Balaban J connectivity index is 1.56. The number of hydrogen-bond donors (Lipinski definition) is 2. The first-order chi connectivity index (χ1) is 22.1. The Kier molecular flexibility index (Phi) is 8.91. The van der Waals surface area contributed by atoms with E-state index < -0.39 is 47.0 Å². The number of nitro groups is 1. The van der Waals surface area contributed by atoms with Gasteiger partial charge in [0.25, 0.3) is 12.3 Å². The molecule has 1 aromatic carbocycles. The van der Waals surface area contributed by atoms with Crippen LogP contribution in [-0.4, -0.2) is 73.8 Å². The summed E-state index contributed by atoms with van der Waals surface area (Å²) in [6.45, 7) is 5.62. The Morgan fingerprint density at radius 2 is 1.89 bits per heavy atom. The summed E-state index contributed by atoms with van der Waals surface area (Å²) in [5.41, 5.74) is -0.902. The minimum absolute atomic E-state index is 0.0805. The summed E-state index contributed by atoms with van der Waals surface area (Å²) >= 11 is 0. The van der Waals surface area contributed by atoms with Gasteiger partial charge in [-0.1, -0.05) is 0 Å². The first kappa shape index (κ1) is 32.9. The number of amides is 2. The van der Waals surface area contributed by atoms with Crippen LogP contribution in [0.5, 0.6) is 5.88 Å². The molecular formula is C30H31F3N8O6. The summed E-state index contributed by atoms with van der Waals surface area (Å²) in [6, 6.07) is 4.66. The molecule has 0 saturated carbocycles. The fourth-order valence-corrected chi connectivity index (χ4v) is 5.22. The van der Waals surface area contributed by atoms with Crippen LogP contribution in [0.3, 0.4) is 0 Å². The summed E-state index contributed by atoms with van der Waals surface area (Å²) in [5.74, 6) is -1.05. The minimum atomic E-state index is -2.64. The molecule has 4 aromatic rings. The molecule has 0 radical (unpaired) electrons. The average Bonchev–Trinajstić information content (AvgIpc) is 3.28. The number of hydrogen-bond acceptors (Lipinski definition) is 10. The Morgan fingerprint density at radius 1 is 1.15 bits per heavy atom. The van der Waals surface area contributed by atoms with E-state index in [9.17, 15) is 28.5 Å². The van der Waals surface area contributed by atoms with Crippen LogP contribution in [0.1, 0.15) is 32.0 Å². The van der Waals surface area contributed by atoms with Crippen molar-refractivity contribution in [3.05, 3.63) is 57.8 Å². The highest BCUT2D eigenvalue weighted by molar-refractivity contribution is 6.04. The fraction of sp³-hybridized carbons (Fsp3) is 0.367. The zero-order chi connectivity index (χ0) is 34.2. The third-order valence-electron chi connectivity index (χ3n) is 7.28. The van der Waals surface area contributed by atoms with Gasteiger partial charge in [0.05, 0.1) is 24.3 Å². The summed E-state index contributed by atoms with van der Waals surface area (Å²) in [7, 11) is 1.23. The summed E-state index contributed by atoms with van der Waals surface area (Å²) in [4.78, 5) is 45.9. The number of nitrogens with one attached hydrogen (secondary N) is 2. The Morgan fingerprint density at radius 3 is 2.55 bits per heavy atom. The molecule has 0 aliphatic carbocycles. The number of methoxy groups -OCH3 is 1. The van der Waals surface area contributed by atoms with Crippen molar-refractivity contribution in [3.63, 3.8) is 0 Å². The smallest absolute Gasteiger partial charge is 0.412 e. The first-order valence-electron chi connectivity index (χ1n) is 14.4. The number of pyridine rings is 2. The molecule has 47 heavy (non-hydrogen) atoms. The van der Waals surface area contributed by atoms with E-state index in [1.807, 2.05) is 0 Å². The molecule has 0 fully saturated rings. The maximum absolute atomic E-state index is 16.3. The number of ether oxygens (including phenoxy) is 2. The monoisotopic (exact) mass is 656 g/mol. The highest BCUT2D eigenvalue weighted by Gasteiger charge is 2.28. The predicted molar refractivity (Wildman–Crippen MR) is 165 cm³/mol. The lowest BCUT2D eigenvalue weighted by molar-refractivity contribution is -0.386. The quantitative estimate of drug-likeness (QED) is 0.180. The highest BCUT2D eigenvalue weighted by atomic mass is 19.3. The SMILES string of the molecule is COc1ncc(-c2cc3cc(Nc4cc5n(n4)CC(=O)N(CC(F)F)CC5)ncc3c(NC(=O)OC(C)(C)C)c2F)c(C)c1[N+](=O)[O-]. The van der Waals surface area contributed by atoms with E-state index in [4.69, 9.17) is 9.47 Å². The second kappa shape index (κ2) is 12.7. The lowest BCUT2D eigenvalue weighted by atomic mass is 9.97. The number of carbonyl (C=O) groups excluding carboxylic acids is 2. The zero-order valence-corrected chi connectivity index (χ0v) is 26.1. The summed E-state index contributed by atoms with van der Waals surface area (Å²) in [6.07, 6.45) is -0.707. The normalized spacial score (nSPS) is 13.4. The van der Waals surface area contributed by atoms with Gasteiger partial charge in [0.2, 0.25) is 5.91 Å². The molecule has 17 heteroatoms. The molecule has 1 aliphatic rings. The van der Waals surface area contributed by atoms with Crippen LogP contribution in [0.4, 0.5) is 41.0 Å². The number of alkyl halides is 2. The number of aromatic nitrogens is 4. The first-order valence-corrected chi connectivity index (χ1v) is 14.4. The predicted octanol–water partition coefficient (Wildman–Crippen LogP) is 5.60. The van der Waals surface area contributed by atoms with Crippen LogP contribution in [-0.2, 0) is 22.5 Å². The second-order valence-electron chi connectivity index (χ2n) is 11.7. The number of fused-ring (bicyclic) bond motifs is 2. The van der Waals surface area contributed by atoms with Gasteiger partial charge in [0, 0.05) is 59.2 Å². The topological polar surface area (TPSA) is 167 Å². The molecule has 2 amide bonds. The lowest BCUT2D eigenvalue weighted by Crippen LogP contribution is -2.36. The molecule has 248 valence electrons. The van der Waals surface area contributed by atoms with Crippen molar-refractivity contribution in [1.82, 2.24) is 24.6 Å². The number of nitrogens with zero attached hydrogens (tertiary/aromatic N) is 6. The fourth-order valence-electron chi connectivity index (χ4n) is 5.22. The van der Waals surface area contributed by atoms with Gasteiger partial charge in [-0.15, -0.1) is 0 Å². The standard InChI is InChI=1S/C30H31F3N8O6/c1-15-19(11-35-28(46-5)27(15)41(44)45)18-8-16-9-22(34-12-20(16)26(25(18)33)37-29(43)47-30(2,3)4)36-23-10-17-6-7-39(13-21(31)32)24(42)14-40(17)38-23/h8-12,21H,6-7,13-14H2,1-5H3,(H,37,43)(H,34,36,38). The third-order valence-corrected chi connectivity index (χ3v) is 7.28.